The van der Waals surface area contributed by atoms with E-state index in [-0.39, 0.29) is 0 Å². The SMILES string of the molecule is CC.CCC.CCC.Cc1ccccc1OCC1CO1.c1ccc2c(OCC3CO3)cccc2c1.c1ccc2c(OCC3CO3)cccc2c1. The van der Waals surface area contributed by atoms with Crippen LogP contribution in [0.1, 0.15) is 59.9 Å². The minimum atomic E-state index is 0.309. The Morgan fingerprint density at radius 2 is 0.760 bits per heavy atom. The molecule has 0 spiro atoms. The van der Waals surface area contributed by atoms with Crippen LogP contribution >= 0.6 is 0 Å². The first-order valence-electron chi connectivity index (χ1n) is 18.3. The van der Waals surface area contributed by atoms with Crippen LogP contribution in [-0.2, 0) is 14.2 Å². The van der Waals surface area contributed by atoms with Gasteiger partial charge in [-0.15, -0.1) is 0 Å². The molecule has 0 saturated carbocycles. The van der Waals surface area contributed by atoms with E-state index >= 15 is 0 Å². The van der Waals surface area contributed by atoms with Crippen molar-refractivity contribution in [3.63, 3.8) is 0 Å². The van der Waals surface area contributed by atoms with Crippen molar-refractivity contribution in [3.05, 3.63) is 115 Å². The molecule has 3 saturated heterocycles. The normalized spacial score (nSPS) is 17.2. The van der Waals surface area contributed by atoms with Crippen LogP contribution in [0, 0.1) is 6.92 Å². The average Bonchev–Trinajstić information content (AvgIpc) is 4.00. The number of aryl methyl sites for hydroxylation is 1. The van der Waals surface area contributed by atoms with E-state index in [4.69, 9.17) is 28.4 Å². The molecule has 0 bridgehead atoms. The molecule has 0 aliphatic carbocycles. The van der Waals surface area contributed by atoms with E-state index < -0.39 is 0 Å². The Kier molecular flexibility index (Phi) is 18.8. The Bertz CT molecular complexity index is 1520. The summed E-state index contributed by atoms with van der Waals surface area (Å²) in [7, 11) is 0. The predicted molar refractivity (Wildman–Crippen MR) is 208 cm³/mol. The van der Waals surface area contributed by atoms with Gasteiger partial charge in [-0.25, -0.2) is 0 Å². The fraction of sp³-hybridized carbons (Fsp3) is 0.409. The Morgan fingerprint density at radius 3 is 1.14 bits per heavy atom. The number of rotatable bonds is 9. The monoisotopic (exact) mass is 682 g/mol. The highest BCUT2D eigenvalue weighted by atomic mass is 16.6. The molecule has 50 heavy (non-hydrogen) atoms. The van der Waals surface area contributed by atoms with Crippen molar-refractivity contribution in [2.45, 2.75) is 79.6 Å². The fourth-order valence-electron chi connectivity index (χ4n) is 4.40. The quantitative estimate of drug-likeness (QED) is 0.144. The first-order valence-corrected chi connectivity index (χ1v) is 18.3. The summed E-state index contributed by atoms with van der Waals surface area (Å²) in [5, 5.41) is 4.76. The molecule has 5 aromatic carbocycles. The molecule has 3 unspecified atom stereocenters. The van der Waals surface area contributed by atoms with Gasteiger partial charge in [0.1, 0.15) is 55.4 Å². The number of fused-ring (bicyclic) bond motifs is 2. The first-order chi connectivity index (χ1) is 24.6. The van der Waals surface area contributed by atoms with E-state index in [9.17, 15) is 0 Å². The maximum Gasteiger partial charge on any atom is 0.127 e. The number of benzene rings is 5. The Hall–Kier alpha value is -4.10. The largest absolute Gasteiger partial charge is 0.491 e. The lowest BCUT2D eigenvalue weighted by Crippen LogP contribution is -2.04. The minimum absolute atomic E-state index is 0.309. The molecule has 3 fully saturated rings. The molecule has 3 aliphatic rings. The molecular weight excluding hydrogens is 624 g/mol. The molecule has 0 N–H and O–H groups in total. The second-order valence-corrected chi connectivity index (χ2v) is 11.9. The van der Waals surface area contributed by atoms with Crippen molar-refractivity contribution >= 4 is 21.5 Å². The smallest absolute Gasteiger partial charge is 0.127 e. The summed E-state index contributed by atoms with van der Waals surface area (Å²) < 4.78 is 32.3. The van der Waals surface area contributed by atoms with Gasteiger partial charge in [0.2, 0.25) is 0 Å². The highest BCUT2D eigenvalue weighted by Gasteiger charge is 2.24. The maximum absolute atomic E-state index is 5.72. The Morgan fingerprint density at radius 1 is 0.460 bits per heavy atom. The van der Waals surface area contributed by atoms with Crippen molar-refractivity contribution in [1.82, 2.24) is 0 Å². The molecule has 5 aromatic rings. The van der Waals surface area contributed by atoms with Gasteiger partial charge in [-0.3, -0.25) is 0 Å². The van der Waals surface area contributed by atoms with Gasteiger partial charge in [0.15, 0.2) is 0 Å². The lowest BCUT2D eigenvalue weighted by Gasteiger charge is -2.07. The third-order valence-electron chi connectivity index (χ3n) is 7.07. The van der Waals surface area contributed by atoms with Crippen molar-refractivity contribution in [3.8, 4) is 17.2 Å². The number of hydrogen-bond acceptors (Lipinski definition) is 6. The van der Waals surface area contributed by atoms with Crippen molar-refractivity contribution in [2.75, 3.05) is 39.6 Å². The summed E-state index contributed by atoms with van der Waals surface area (Å²) in [5.41, 5.74) is 1.18. The summed E-state index contributed by atoms with van der Waals surface area (Å²) in [6, 6.07) is 36.7. The second-order valence-electron chi connectivity index (χ2n) is 11.9. The van der Waals surface area contributed by atoms with Gasteiger partial charge >= 0.3 is 0 Å². The van der Waals surface area contributed by atoms with Crippen molar-refractivity contribution < 1.29 is 28.4 Å². The van der Waals surface area contributed by atoms with Crippen LogP contribution in [0.2, 0.25) is 0 Å². The highest BCUT2D eigenvalue weighted by molar-refractivity contribution is 5.88. The number of ether oxygens (including phenoxy) is 6. The van der Waals surface area contributed by atoms with Gasteiger partial charge in [0.05, 0.1) is 19.8 Å². The van der Waals surface area contributed by atoms with E-state index in [2.05, 4.69) is 64.1 Å². The van der Waals surface area contributed by atoms with Gasteiger partial charge in [0, 0.05) is 10.8 Å². The average molecular weight is 683 g/mol. The van der Waals surface area contributed by atoms with E-state index in [1.54, 1.807) is 0 Å². The van der Waals surface area contributed by atoms with Crippen LogP contribution in [0.4, 0.5) is 0 Å². The van der Waals surface area contributed by atoms with Crippen molar-refractivity contribution in [2.24, 2.45) is 0 Å². The van der Waals surface area contributed by atoms with Crippen LogP contribution in [0.3, 0.4) is 0 Å². The van der Waals surface area contributed by atoms with Crippen LogP contribution in [0.5, 0.6) is 17.2 Å². The third-order valence-corrected chi connectivity index (χ3v) is 7.07. The van der Waals surface area contributed by atoms with Crippen LogP contribution in [0.25, 0.3) is 21.5 Å². The number of epoxide rings is 3. The standard InChI is InChI=1S/2C13H12O2.C10H12O2.2C3H8.C2H6/c2*1-2-6-12-10(4-1)5-3-7-13(12)15-9-11-8-14-11;1-8-4-2-3-5-10(8)12-7-9-6-11-9;2*1-3-2;1-2/h2*1-7,11H,8-9H2;2-5,9H,6-7H2,1H3;2*3H2,1-2H3;1-2H3. The molecule has 3 atom stereocenters. The number of para-hydroxylation sites is 1. The van der Waals surface area contributed by atoms with Gasteiger partial charge in [-0.1, -0.05) is 145 Å². The Balaban J connectivity index is 0.000000185. The summed E-state index contributed by atoms with van der Waals surface area (Å²) >= 11 is 0. The number of hydrogen-bond donors (Lipinski definition) is 0. The van der Waals surface area contributed by atoms with Crippen LogP contribution in [-0.4, -0.2) is 58.0 Å². The fourth-order valence-corrected chi connectivity index (χ4v) is 4.40. The van der Waals surface area contributed by atoms with Crippen LogP contribution in [0.15, 0.2) is 109 Å². The molecule has 0 radical (unpaired) electrons. The predicted octanol–water partition coefficient (Wildman–Crippen LogP) is 10.9. The lowest BCUT2D eigenvalue weighted by atomic mass is 10.1. The molecule has 0 aromatic heterocycles. The zero-order valence-electron chi connectivity index (χ0n) is 31.2. The van der Waals surface area contributed by atoms with E-state index in [1.165, 1.54) is 39.9 Å². The lowest BCUT2D eigenvalue weighted by molar-refractivity contribution is 0.262. The molecule has 0 amide bonds. The zero-order valence-corrected chi connectivity index (χ0v) is 31.2. The van der Waals surface area contributed by atoms with Gasteiger partial charge in [-0.2, -0.15) is 0 Å². The first kappa shape index (κ1) is 40.3. The maximum atomic E-state index is 5.72. The van der Waals surface area contributed by atoms with Gasteiger partial charge in [-0.05, 0) is 41.5 Å². The molecule has 8 rings (SSSR count). The highest BCUT2D eigenvalue weighted by Crippen LogP contribution is 2.27. The van der Waals surface area contributed by atoms with E-state index in [0.29, 0.717) is 38.1 Å². The summed E-state index contributed by atoms with van der Waals surface area (Å²) in [5.74, 6) is 2.86. The summed E-state index contributed by atoms with van der Waals surface area (Å²) in [4.78, 5) is 0. The molecule has 3 aliphatic heterocycles. The van der Waals surface area contributed by atoms with Gasteiger partial charge < -0.3 is 28.4 Å². The summed E-state index contributed by atoms with van der Waals surface area (Å²) in [6.45, 7) is 19.1. The minimum Gasteiger partial charge on any atom is -0.491 e. The zero-order chi connectivity index (χ0) is 36.0. The molecular formula is C44H58O6. The second kappa shape index (κ2) is 23.3. The van der Waals surface area contributed by atoms with E-state index in [0.717, 1.165) is 37.1 Å². The van der Waals surface area contributed by atoms with Crippen molar-refractivity contribution in [1.29, 1.82) is 0 Å². The summed E-state index contributed by atoms with van der Waals surface area (Å²) in [6.07, 6.45) is 3.46. The van der Waals surface area contributed by atoms with Gasteiger partial charge in [0.25, 0.3) is 0 Å². The van der Waals surface area contributed by atoms with E-state index in [1.807, 2.05) is 93.6 Å². The Labute approximate surface area is 300 Å². The van der Waals surface area contributed by atoms with Crippen LogP contribution < -0.4 is 14.2 Å². The topological polar surface area (TPSA) is 65.3 Å². The third kappa shape index (κ3) is 15.2. The molecule has 3 heterocycles. The molecule has 270 valence electrons. The molecule has 6 heteroatoms. The molecule has 6 nitrogen and oxygen atoms in total.